The molecule has 0 bridgehead atoms. The van der Waals surface area contributed by atoms with Gasteiger partial charge in [0, 0.05) is 63.0 Å². The van der Waals surface area contributed by atoms with E-state index in [2.05, 4.69) is 65.5 Å². The molecule has 5 aromatic rings. The number of benzene rings is 1. The molecule has 15 nitrogen and oxygen atoms in total. The monoisotopic (exact) mass is 769 g/mol. The first-order chi connectivity index (χ1) is 26.0. The zero-order valence-electron chi connectivity index (χ0n) is 30.7. The quantitative estimate of drug-likeness (QED) is 0.0535. The Labute approximate surface area is 321 Å². The van der Waals surface area contributed by atoms with E-state index in [0.717, 1.165) is 11.4 Å². The molecule has 0 aliphatic heterocycles. The van der Waals surface area contributed by atoms with Gasteiger partial charge in [-0.25, -0.2) is 19.9 Å². The van der Waals surface area contributed by atoms with E-state index in [0.29, 0.717) is 77.2 Å². The Bertz CT molecular complexity index is 2040. The highest BCUT2D eigenvalue weighted by Gasteiger charge is 2.22. The van der Waals surface area contributed by atoms with E-state index in [9.17, 15) is 14.4 Å². The normalized spacial score (nSPS) is 11.1. The van der Waals surface area contributed by atoms with Crippen LogP contribution < -0.4 is 31.3 Å². The minimum Gasteiger partial charge on any atom is -0.494 e. The maximum absolute atomic E-state index is 12.8. The Hall–Kier alpha value is -5.68. The number of aromatic nitrogens is 6. The van der Waals surface area contributed by atoms with Crippen molar-refractivity contribution in [2.24, 2.45) is 7.05 Å². The van der Waals surface area contributed by atoms with Gasteiger partial charge in [-0.3, -0.25) is 19.1 Å². The van der Waals surface area contributed by atoms with Gasteiger partial charge in [0.25, 0.3) is 11.8 Å². The molecule has 4 aromatic heterocycles. The number of hydrogen-bond acceptors (Lipinski definition) is 13. The summed E-state index contributed by atoms with van der Waals surface area (Å²) in [4.78, 5) is 55.4. The highest BCUT2D eigenvalue weighted by atomic mass is 33.1. The van der Waals surface area contributed by atoms with Crippen LogP contribution in [0.3, 0.4) is 0 Å². The van der Waals surface area contributed by atoms with Crippen LogP contribution in [0.4, 0.5) is 23.0 Å². The summed E-state index contributed by atoms with van der Waals surface area (Å²) in [5.74, 6) is 1.22. The summed E-state index contributed by atoms with van der Waals surface area (Å²) in [6.45, 7) is 5.09. The molecular formula is C37H43N11O4S2. The Kier molecular flexibility index (Phi) is 13.8. The minimum atomic E-state index is -0.334. The number of aryl methyl sites for hydroxylation is 1. The van der Waals surface area contributed by atoms with Gasteiger partial charge in [0.1, 0.15) is 23.0 Å². The van der Waals surface area contributed by atoms with Gasteiger partial charge in [-0.2, -0.15) is 5.10 Å². The van der Waals surface area contributed by atoms with Crippen molar-refractivity contribution in [2.75, 3.05) is 37.9 Å². The van der Waals surface area contributed by atoms with Gasteiger partial charge in [0.2, 0.25) is 5.91 Å². The van der Waals surface area contributed by atoms with Gasteiger partial charge in [0.15, 0.2) is 11.6 Å². The number of ether oxygens (including phenoxy) is 1. The summed E-state index contributed by atoms with van der Waals surface area (Å²) in [6, 6.07) is 16.3. The first kappa shape index (κ1) is 39.5. The lowest BCUT2D eigenvalue weighted by atomic mass is 10.1. The molecule has 54 heavy (non-hydrogen) atoms. The average molecular weight is 770 g/mol. The number of hydrogen-bond donors (Lipinski definition) is 5. The van der Waals surface area contributed by atoms with E-state index in [4.69, 9.17) is 4.74 Å². The van der Waals surface area contributed by atoms with Crippen LogP contribution in [-0.4, -0.2) is 79.4 Å². The second kappa shape index (κ2) is 18.9. The van der Waals surface area contributed by atoms with Gasteiger partial charge in [-0.15, -0.1) is 0 Å². The van der Waals surface area contributed by atoms with E-state index >= 15 is 0 Å². The molecule has 5 N–H and O–H groups in total. The van der Waals surface area contributed by atoms with E-state index in [1.54, 1.807) is 78.2 Å². The fourth-order valence-electron chi connectivity index (χ4n) is 5.03. The molecule has 0 fully saturated rings. The molecule has 4 heterocycles. The lowest BCUT2D eigenvalue weighted by molar-refractivity contribution is -0.121. The second-order valence-electron chi connectivity index (χ2n) is 12.6. The number of nitrogens with one attached hydrogen (secondary N) is 5. The Morgan fingerprint density at radius 3 is 2.39 bits per heavy atom. The van der Waals surface area contributed by atoms with E-state index in [1.165, 1.54) is 12.4 Å². The zero-order valence-corrected chi connectivity index (χ0v) is 32.3. The summed E-state index contributed by atoms with van der Waals surface area (Å²) >= 11 is 0. The topological polar surface area (TPSA) is 190 Å². The number of rotatable bonds is 18. The molecule has 3 amide bonds. The van der Waals surface area contributed by atoms with Crippen LogP contribution in [0, 0.1) is 0 Å². The van der Waals surface area contributed by atoms with Gasteiger partial charge in [-0.1, -0.05) is 22.9 Å². The van der Waals surface area contributed by atoms with Gasteiger partial charge in [-0.05, 0) is 73.9 Å². The second-order valence-corrected chi connectivity index (χ2v) is 15.4. The van der Waals surface area contributed by atoms with Crippen molar-refractivity contribution in [3.63, 3.8) is 0 Å². The van der Waals surface area contributed by atoms with Crippen molar-refractivity contribution >= 4 is 62.3 Å². The molecule has 0 saturated carbocycles. The third-order valence-corrected chi connectivity index (χ3v) is 11.2. The first-order valence-electron chi connectivity index (χ1n) is 17.1. The molecule has 1 aromatic carbocycles. The molecule has 0 atom stereocenters. The van der Waals surface area contributed by atoms with Gasteiger partial charge < -0.3 is 31.3 Å². The van der Waals surface area contributed by atoms with Gasteiger partial charge in [0.05, 0.1) is 35.2 Å². The highest BCUT2D eigenvalue weighted by Crippen LogP contribution is 2.42. The number of methoxy groups -OCH3 is 1. The number of anilines is 4. The van der Waals surface area contributed by atoms with Crippen molar-refractivity contribution in [3.8, 4) is 17.1 Å². The predicted octanol–water partition coefficient (Wildman–Crippen LogP) is 5.76. The minimum absolute atomic E-state index is 0.0159. The third kappa shape index (κ3) is 11.2. The van der Waals surface area contributed by atoms with Gasteiger partial charge >= 0.3 is 0 Å². The standard InChI is InChI=1S/C37H43N11O4S2/c1-37(2,54-53-32-12-6-7-17-40-32)16-15-31(49)39-18-9-19-41-35(50)24-13-14-29(42-21-24)46-30-20-28(26(22-43-30)36(51)38-3)45-27-11-8-10-25(33(27)52-5)34-44-23-48(4)47-34/h6-8,10-14,17,20-23H,9,15-16,18-19H2,1-5H3,(H,38,51)(H,39,49)(H,41,50)(H2,42,43,45,46). The molecular weight excluding hydrogens is 727 g/mol. The summed E-state index contributed by atoms with van der Waals surface area (Å²) in [5.41, 5.74) is 2.41. The fourth-order valence-corrected chi connectivity index (χ4v) is 7.25. The Morgan fingerprint density at radius 1 is 0.870 bits per heavy atom. The SMILES string of the molecule is CNC(=O)c1cnc(Nc2ccc(C(=O)NCCCNC(=O)CCC(C)(C)SSc3ccccn3)cn2)cc1Nc1cccc(-c2ncn(C)n2)c1OC. The predicted molar refractivity (Wildman–Crippen MR) is 212 cm³/mol. The van der Waals surface area contributed by atoms with Crippen LogP contribution in [0.15, 0.2) is 84.5 Å². The van der Waals surface area contributed by atoms with Crippen LogP contribution in [0.2, 0.25) is 0 Å². The molecule has 0 aliphatic rings. The molecule has 17 heteroatoms. The third-order valence-electron chi connectivity index (χ3n) is 7.89. The number of amides is 3. The summed E-state index contributed by atoms with van der Waals surface area (Å²) < 4.78 is 7.24. The van der Waals surface area contributed by atoms with Crippen LogP contribution in [0.1, 0.15) is 53.8 Å². The van der Waals surface area contributed by atoms with Crippen LogP contribution >= 0.6 is 21.6 Å². The summed E-state index contributed by atoms with van der Waals surface area (Å²) in [7, 11) is 8.19. The number of nitrogens with zero attached hydrogens (tertiary/aromatic N) is 6. The Balaban J connectivity index is 1.11. The lowest BCUT2D eigenvalue weighted by Crippen LogP contribution is -2.30. The maximum atomic E-state index is 12.8. The van der Waals surface area contributed by atoms with E-state index in [-0.39, 0.29) is 22.5 Å². The van der Waals surface area contributed by atoms with Crippen molar-refractivity contribution in [1.29, 1.82) is 0 Å². The van der Waals surface area contributed by atoms with Crippen LogP contribution in [-0.2, 0) is 11.8 Å². The number of carbonyl (C=O) groups excluding carboxylic acids is 3. The average Bonchev–Trinajstić information content (AvgIpc) is 3.62. The molecule has 282 valence electrons. The molecule has 0 spiro atoms. The molecule has 5 rings (SSSR count). The van der Waals surface area contributed by atoms with Crippen LogP contribution in [0.25, 0.3) is 11.4 Å². The fraction of sp³-hybridized carbons (Fsp3) is 0.297. The summed E-state index contributed by atoms with van der Waals surface area (Å²) in [5, 5.41) is 20.2. The van der Waals surface area contributed by atoms with Crippen LogP contribution in [0.5, 0.6) is 5.75 Å². The molecule has 0 radical (unpaired) electrons. The zero-order chi connectivity index (χ0) is 38.5. The lowest BCUT2D eigenvalue weighted by Gasteiger charge is -2.22. The molecule has 0 unspecified atom stereocenters. The first-order valence-corrected chi connectivity index (χ1v) is 19.3. The maximum Gasteiger partial charge on any atom is 0.254 e. The van der Waals surface area contributed by atoms with E-state index in [1.807, 2.05) is 36.4 Å². The summed E-state index contributed by atoms with van der Waals surface area (Å²) in [6.07, 6.45) is 8.02. The van der Waals surface area contributed by atoms with E-state index < -0.39 is 0 Å². The van der Waals surface area contributed by atoms with Crippen molar-refractivity contribution in [3.05, 3.63) is 90.6 Å². The number of carbonyl (C=O) groups is 3. The largest absolute Gasteiger partial charge is 0.494 e. The molecule has 0 saturated heterocycles. The van der Waals surface area contributed by atoms with Crippen molar-refractivity contribution < 1.29 is 19.1 Å². The smallest absolute Gasteiger partial charge is 0.254 e. The Morgan fingerprint density at radius 2 is 1.69 bits per heavy atom. The molecule has 0 aliphatic carbocycles. The van der Waals surface area contributed by atoms with Crippen molar-refractivity contribution in [1.82, 2.24) is 45.7 Å². The number of para-hydroxylation sites is 1. The van der Waals surface area contributed by atoms with Crippen molar-refractivity contribution in [2.45, 2.75) is 42.9 Å². The number of pyridine rings is 3. The highest BCUT2D eigenvalue weighted by molar-refractivity contribution is 8.77.